The van der Waals surface area contributed by atoms with Crippen molar-refractivity contribution in [3.05, 3.63) is 0 Å². The molecule has 18 heavy (non-hydrogen) atoms. The lowest BCUT2D eigenvalue weighted by Crippen LogP contribution is -2.46. The van der Waals surface area contributed by atoms with Crippen LogP contribution in [0.4, 0.5) is 0 Å². The highest BCUT2D eigenvalue weighted by Crippen LogP contribution is 2.32. The third-order valence-corrected chi connectivity index (χ3v) is 4.77. The molecule has 2 heterocycles. The fourth-order valence-corrected chi connectivity index (χ4v) is 3.67. The van der Waals surface area contributed by atoms with E-state index in [2.05, 4.69) is 10.6 Å². The average molecular weight is 252 g/mol. The molecule has 4 heteroatoms. The van der Waals surface area contributed by atoms with Gasteiger partial charge in [-0.2, -0.15) is 0 Å². The highest BCUT2D eigenvalue weighted by atomic mass is 16.5. The maximum atomic E-state index is 12.1. The largest absolute Gasteiger partial charge is 0.368 e. The van der Waals surface area contributed by atoms with Crippen LogP contribution in [0.5, 0.6) is 0 Å². The van der Waals surface area contributed by atoms with Crippen LogP contribution in [0.25, 0.3) is 0 Å². The number of ether oxygens (including phenoxy) is 1. The van der Waals surface area contributed by atoms with Gasteiger partial charge in [-0.1, -0.05) is 0 Å². The molecule has 102 valence electrons. The lowest BCUT2D eigenvalue weighted by Gasteiger charge is -2.33. The maximum Gasteiger partial charge on any atom is 0.249 e. The molecule has 0 radical (unpaired) electrons. The molecule has 0 spiro atoms. The van der Waals surface area contributed by atoms with Crippen molar-refractivity contribution < 1.29 is 9.53 Å². The Hall–Kier alpha value is -0.610. The number of amides is 1. The second-order valence-electron chi connectivity index (χ2n) is 6.05. The SMILES string of the molecule is O=C(NC1CC[C@H]2CNC[C@H]2C1)C1CCCCO1. The Balaban J connectivity index is 1.48. The third kappa shape index (κ3) is 2.69. The van der Waals surface area contributed by atoms with E-state index in [-0.39, 0.29) is 12.0 Å². The van der Waals surface area contributed by atoms with Crippen molar-refractivity contribution in [2.75, 3.05) is 19.7 Å². The van der Waals surface area contributed by atoms with Crippen molar-refractivity contribution in [1.82, 2.24) is 10.6 Å². The topological polar surface area (TPSA) is 50.4 Å². The van der Waals surface area contributed by atoms with Crippen molar-refractivity contribution in [2.45, 2.75) is 50.7 Å². The summed E-state index contributed by atoms with van der Waals surface area (Å²) >= 11 is 0. The summed E-state index contributed by atoms with van der Waals surface area (Å²) in [6.45, 7) is 3.06. The van der Waals surface area contributed by atoms with Gasteiger partial charge < -0.3 is 15.4 Å². The normalized spacial score (nSPS) is 40.2. The predicted molar refractivity (Wildman–Crippen MR) is 69.2 cm³/mol. The van der Waals surface area contributed by atoms with E-state index in [1.54, 1.807) is 0 Å². The van der Waals surface area contributed by atoms with Crippen LogP contribution in [0.3, 0.4) is 0 Å². The van der Waals surface area contributed by atoms with Gasteiger partial charge in [0.05, 0.1) is 0 Å². The second-order valence-corrected chi connectivity index (χ2v) is 6.05. The van der Waals surface area contributed by atoms with Gasteiger partial charge in [0.15, 0.2) is 0 Å². The van der Waals surface area contributed by atoms with Crippen LogP contribution in [-0.2, 0) is 9.53 Å². The first kappa shape index (κ1) is 12.4. The maximum absolute atomic E-state index is 12.1. The molecule has 2 saturated heterocycles. The molecule has 2 N–H and O–H groups in total. The van der Waals surface area contributed by atoms with Gasteiger partial charge in [-0.25, -0.2) is 0 Å². The highest BCUT2D eigenvalue weighted by molar-refractivity contribution is 5.81. The van der Waals surface area contributed by atoms with Gasteiger partial charge in [-0.05, 0) is 63.5 Å². The lowest BCUT2D eigenvalue weighted by molar-refractivity contribution is -0.136. The number of carbonyl (C=O) groups is 1. The molecule has 0 aromatic heterocycles. The first-order chi connectivity index (χ1) is 8.83. The van der Waals surface area contributed by atoms with Gasteiger partial charge in [0.25, 0.3) is 0 Å². The Morgan fingerprint density at radius 1 is 1.11 bits per heavy atom. The van der Waals surface area contributed by atoms with Crippen molar-refractivity contribution in [3.8, 4) is 0 Å². The first-order valence-corrected chi connectivity index (χ1v) is 7.45. The lowest BCUT2D eigenvalue weighted by atomic mass is 9.79. The molecule has 2 unspecified atom stereocenters. The number of nitrogens with one attached hydrogen (secondary N) is 2. The van der Waals surface area contributed by atoms with Crippen LogP contribution in [-0.4, -0.2) is 37.7 Å². The molecule has 3 aliphatic rings. The zero-order chi connectivity index (χ0) is 12.4. The Bertz CT molecular complexity index is 302. The summed E-state index contributed by atoms with van der Waals surface area (Å²) in [5.74, 6) is 1.75. The van der Waals surface area contributed by atoms with Crippen molar-refractivity contribution >= 4 is 5.91 Å². The van der Waals surface area contributed by atoms with E-state index in [1.165, 1.54) is 13.0 Å². The van der Waals surface area contributed by atoms with Crippen LogP contribution in [0.15, 0.2) is 0 Å². The Morgan fingerprint density at radius 2 is 2.00 bits per heavy atom. The number of hydrogen-bond donors (Lipinski definition) is 2. The summed E-state index contributed by atoms with van der Waals surface area (Å²) in [4.78, 5) is 12.1. The molecule has 0 bridgehead atoms. The highest BCUT2D eigenvalue weighted by Gasteiger charge is 2.35. The zero-order valence-corrected chi connectivity index (χ0v) is 11.0. The van der Waals surface area contributed by atoms with Crippen molar-refractivity contribution in [2.24, 2.45) is 11.8 Å². The van der Waals surface area contributed by atoms with E-state index in [9.17, 15) is 4.79 Å². The molecule has 3 rings (SSSR count). The van der Waals surface area contributed by atoms with Crippen molar-refractivity contribution in [3.63, 3.8) is 0 Å². The summed E-state index contributed by atoms with van der Waals surface area (Å²) in [5, 5.41) is 6.67. The van der Waals surface area contributed by atoms with Crippen LogP contribution >= 0.6 is 0 Å². The molecule has 4 nitrogen and oxygen atoms in total. The fraction of sp³-hybridized carbons (Fsp3) is 0.929. The van der Waals surface area contributed by atoms with Gasteiger partial charge >= 0.3 is 0 Å². The van der Waals surface area contributed by atoms with Crippen LogP contribution in [0.1, 0.15) is 38.5 Å². The van der Waals surface area contributed by atoms with E-state index >= 15 is 0 Å². The second kappa shape index (κ2) is 5.57. The molecule has 1 amide bonds. The summed E-state index contributed by atoms with van der Waals surface area (Å²) in [5.41, 5.74) is 0. The molecule has 4 atom stereocenters. The minimum absolute atomic E-state index is 0.129. The van der Waals surface area contributed by atoms with Gasteiger partial charge in [-0.3, -0.25) is 4.79 Å². The Kier molecular flexibility index (Phi) is 3.85. The number of fused-ring (bicyclic) bond motifs is 1. The van der Waals surface area contributed by atoms with Gasteiger partial charge in [0, 0.05) is 12.6 Å². The van der Waals surface area contributed by atoms with Crippen molar-refractivity contribution in [1.29, 1.82) is 0 Å². The quantitative estimate of drug-likeness (QED) is 0.772. The molecule has 3 fully saturated rings. The smallest absolute Gasteiger partial charge is 0.249 e. The molecular weight excluding hydrogens is 228 g/mol. The zero-order valence-electron chi connectivity index (χ0n) is 11.0. The van der Waals surface area contributed by atoms with Crippen LogP contribution in [0, 0.1) is 11.8 Å². The first-order valence-electron chi connectivity index (χ1n) is 7.45. The predicted octanol–water partition coefficient (Wildman–Crippen LogP) is 1.06. The van der Waals surface area contributed by atoms with Gasteiger partial charge in [-0.15, -0.1) is 0 Å². The van der Waals surface area contributed by atoms with E-state index in [0.29, 0.717) is 6.04 Å². The molecule has 1 saturated carbocycles. The van der Waals surface area contributed by atoms with E-state index in [4.69, 9.17) is 4.74 Å². The fourth-order valence-electron chi connectivity index (χ4n) is 3.67. The summed E-state index contributed by atoms with van der Waals surface area (Å²) in [6.07, 6.45) is 6.48. The van der Waals surface area contributed by atoms with Gasteiger partial charge in [0.1, 0.15) is 6.10 Å². The standard InChI is InChI=1S/C14H24N2O2/c17-14(13-3-1-2-6-18-13)16-12-5-4-10-8-15-9-11(10)7-12/h10-13,15H,1-9H2,(H,16,17)/t10-,11+,12?,13?/m0/s1. The molecule has 2 aliphatic heterocycles. The minimum Gasteiger partial charge on any atom is -0.368 e. The van der Waals surface area contributed by atoms with Crippen LogP contribution < -0.4 is 10.6 Å². The Morgan fingerprint density at radius 3 is 2.83 bits per heavy atom. The summed E-state index contributed by atoms with van der Waals surface area (Å²) < 4.78 is 5.54. The minimum atomic E-state index is -0.182. The summed E-state index contributed by atoms with van der Waals surface area (Å²) in [7, 11) is 0. The molecule has 1 aliphatic carbocycles. The van der Waals surface area contributed by atoms with Crippen LogP contribution in [0.2, 0.25) is 0 Å². The average Bonchev–Trinajstić information content (AvgIpc) is 2.87. The van der Waals surface area contributed by atoms with E-state index < -0.39 is 0 Å². The molecule has 0 aromatic rings. The van der Waals surface area contributed by atoms with E-state index in [1.807, 2.05) is 0 Å². The number of hydrogen-bond acceptors (Lipinski definition) is 3. The monoisotopic (exact) mass is 252 g/mol. The number of rotatable bonds is 2. The van der Waals surface area contributed by atoms with E-state index in [0.717, 1.165) is 57.1 Å². The molecular formula is C14H24N2O2. The third-order valence-electron chi connectivity index (χ3n) is 4.77. The molecule has 0 aromatic carbocycles. The number of carbonyl (C=O) groups excluding carboxylic acids is 1. The Labute approximate surface area is 109 Å². The van der Waals surface area contributed by atoms with Gasteiger partial charge in [0.2, 0.25) is 5.91 Å². The summed E-state index contributed by atoms with van der Waals surface area (Å²) in [6, 6.07) is 0.379.